The van der Waals surface area contributed by atoms with Crippen LogP contribution >= 0.6 is 11.3 Å². The first-order valence-electron chi connectivity index (χ1n) is 6.43. The van der Waals surface area contributed by atoms with Gasteiger partial charge in [0, 0.05) is 17.6 Å². The number of aliphatic hydroxyl groups excluding tert-OH is 1. The summed E-state index contributed by atoms with van der Waals surface area (Å²) in [4.78, 5) is 4.99. The van der Waals surface area contributed by atoms with E-state index in [1.165, 1.54) is 11.4 Å². The van der Waals surface area contributed by atoms with Gasteiger partial charge in [-0.05, 0) is 37.6 Å². The second-order valence-corrected chi connectivity index (χ2v) is 8.27. The first-order chi connectivity index (χ1) is 9.84. The molecule has 1 N–H and O–H groups in total. The smallest absolute Gasteiger partial charge is 0.252 e. The molecule has 0 bridgehead atoms. The molecule has 0 aromatic carbocycles. The third-order valence-corrected chi connectivity index (χ3v) is 6.61. The SMILES string of the molecule is Cc1cccc(CN(C)S(=O)(=O)c2cc(C)c(CO)s2)n1. The maximum atomic E-state index is 12.5. The predicted octanol–water partition coefficient (Wildman–Crippen LogP) is 2.07. The monoisotopic (exact) mass is 326 g/mol. The molecule has 0 unspecified atom stereocenters. The number of thiophene rings is 1. The molecule has 5 nitrogen and oxygen atoms in total. The lowest BCUT2D eigenvalue weighted by atomic mass is 10.3. The molecule has 0 atom stereocenters. The molecular weight excluding hydrogens is 308 g/mol. The highest BCUT2D eigenvalue weighted by atomic mass is 32.2. The Morgan fingerprint density at radius 1 is 1.33 bits per heavy atom. The highest BCUT2D eigenvalue weighted by Gasteiger charge is 2.24. The number of pyridine rings is 1. The molecule has 0 saturated heterocycles. The molecule has 0 aliphatic carbocycles. The molecule has 0 fully saturated rings. The van der Waals surface area contributed by atoms with E-state index in [0.29, 0.717) is 10.6 Å². The first-order valence-corrected chi connectivity index (χ1v) is 8.69. The lowest BCUT2D eigenvalue weighted by Crippen LogP contribution is -2.26. The second kappa shape index (κ2) is 6.23. The van der Waals surface area contributed by atoms with E-state index in [-0.39, 0.29) is 17.4 Å². The van der Waals surface area contributed by atoms with Crippen molar-refractivity contribution in [3.63, 3.8) is 0 Å². The van der Waals surface area contributed by atoms with Gasteiger partial charge in [-0.1, -0.05) is 6.07 Å². The van der Waals surface area contributed by atoms with E-state index in [9.17, 15) is 13.5 Å². The summed E-state index contributed by atoms with van der Waals surface area (Å²) in [5, 5.41) is 9.19. The van der Waals surface area contributed by atoms with Crippen LogP contribution in [0.5, 0.6) is 0 Å². The van der Waals surface area contributed by atoms with Gasteiger partial charge in [-0.2, -0.15) is 4.31 Å². The van der Waals surface area contributed by atoms with E-state index >= 15 is 0 Å². The van der Waals surface area contributed by atoms with Crippen LogP contribution < -0.4 is 0 Å². The fraction of sp³-hybridized carbons (Fsp3) is 0.357. The molecule has 2 aromatic heterocycles. The molecule has 0 aliphatic rings. The molecule has 0 amide bonds. The summed E-state index contributed by atoms with van der Waals surface area (Å²) in [6, 6.07) is 7.13. The minimum Gasteiger partial charge on any atom is -0.391 e. The number of hydrogen-bond donors (Lipinski definition) is 1. The summed E-state index contributed by atoms with van der Waals surface area (Å²) in [7, 11) is -2.03. The molecule has 0 saturated carbocycles. The normalized spacial score (nSPS) is 12.0. The highest BCUT2D eigenvalue weighted by Crippen LogP contribution is 2.28. The van der Waals surface area contributed by atoms with Gasteiger partial charge in [0.15, 0.2) is 0 Å². The predicted molar refractivity (Wildman–Crippen MR) is 82.6 cm³/mol. The van der Waals surface area contributed by atoms with Crippen LogP contribution in [0.2, 0.25) is 0 Å². The summed E-state index contributed by atoms with van der Waals surface area (Å²) < 4.78 is 26.6. The number of sulfonamides is 1. The van der Waals surface area contributed by atoms with Gasteiger partial charge in [-0.15, -0.1) is 11.3 Å². The van der Waals surface area contributed by atoms with Crippen LogP contribution in [-0.4, -0.2) is 29.9 Å². The van der Waals surface area contributed by atoms with Crippen molar-refractivity contribution in [1.82, 2.24) is 9.29 Å². The number of aryl methyl sites for hydroxylation is 2. The van der Waals surface area contributed by atoms with Crippen molar-refractivity contribution >= 4 is 21.4 Å². The van der Waals surface area contributed by atoms with Crippen LogP contribution in [0, 0.1) is 13.8 Å². The molecule has 114 valence electrons. The van der Waals surface area contributed by atoms with Gasteiger partial charge >= 0.3 is 0 Å². The van der Waals surface area contributed by atoms with Crippen LogP contribution in [0.3, 0.4) is 0 Å². The molecule has 0 aliphatic heterocycles. The van der Waals surface area contributed by atoms with Gasteiger partial charge < -0.3 is 5.11 Å². The van der Waals surface area contributed by atoms with Gasteiger partial charge in [0.25, 0.3) is 10.0 Å². The Kier molecular flexibility index (Phi) is 4.77. The van der Waals surface area contributed by atoms with Crippen LogP contribution in [0.15, 0.2) is 28.5 Å². The van der Waals surface area contributed by atoms with Crippen LogP contribution in [0.25, 0.3) is 0 Å². The fourth-order valence-electron chi connectivity index (χ4n) is 1.93. The van der Waals surface area contributed by atoms with Crippen molar-refractivity contribution in [3.8, 4) is 0 Å². The number of hydrogen-bond acceptors (Lipinski definition) is 5. The quantitative estimate of drug-likeness (QED) is 0.913. The first kappa shape index (κ1) is 16.1. The van der Waals surface area contributed by atoms with E-state index in [1.807, 2.05) is 19.1 Å². The molecule has 2 heterocycles. The Hall–Kier alpha value is -1.28. The average Bonchev–Trinajstić information content (AvgIpc) is 2.80. The molecular formula is C14H18N2O3S2. The van der Waals surface area contributed by atoms with E-state index in [2.05, 4.69) is 4.98 Å². The zero-order valence-corrected chi connectivity index (χ0v) is 13.8. The van der Waals surface area contributed by atoms with E-state index in [1.54, 1.807) is 19.1 Å². The van der Waals surface area contributed by atoms with Gasteiger partial charge in [0.1, 0.15) is 4.21 Å². The summed E-state index contributed by atoms with van der Waals surface area (Å²) in [5.74, 6) is 0. The topological polar surface area (TPSA) is 70.5 Å². The number of rotatable bonds is 5. The Morgan fingerprint density at radius 2 is 2.05 bits per heavy atom. The average molecular weight is 326 g/mol. The standard InChI is InChI=1S/C14H18N2O3S2/c1-10-7-14(20-13(10)9-17)21(18,19)16(3)8-12-6-4-5-11(2)15-12/h4-7,17H,8-9H2,1-3H3. The van der Waals surface area contributed by atoms with Crippen molar-refractivity contribution in [1.29, 1.82) is 0 Å². The zero-order chi connectivity index (χ0) is 15.6. The van der Waals surface area contributed by atoms with Crippen molar-refractivity contribution in [3.05, 3.63) is 46.1 Å². The van der Waals surface area contributed by atoms with Crippen molar-refractivity contribution < 1.29 is 13.5 Å². The summed E-state index contributed by atoms with van der Waals surface area (Å²) in [5.41, 5.74) is 2.35. The third-order valence-electron chi connectivity index (χ3n) is 3.14. The molecule has 2 aromatic rings. The second-order valence-electron chi connectivity index (χ2n) is 4.86. The van der Waals surface area contributed by atoms with Crippen LogP contribution in [-0.2, 0) is 23.2 Å². The van der Waals surface area contributed by atoms with E-state index in [0.717, 1.165) is 22.6 Å². The van der Waals surface area contributed by atoms with Gasteiger partial charge in [0.2, 0.25) is 0 Å². The Balaban J connectivity index is 2.26. The summed E-state index contributed by atoms with van der Waals surface area (Å²) >= 11 is 1.11. The molecule has 0 radical (unpaired) electrons. The van der Waals surface area contributed by atoms with Crippen LogP contribution in [0.4, 0.5) is 0 Å². The lowest BCUT2D eigenvalue weighted by molar-refractivity contribution is 0.285. The Morgan fingerprint density at radius 3 is 2.62 bits per heavy atom. The van der Waals surface area contributed by atoms with Crippen molar-refractivity contribution in [2.45, 2.75) is 31.2 Å². The minimum absolute atomic E-state index is 0.144. The zero-order valence-electron chi connectivity index (χ0n) is 12.2. The molecule has 7 heteroatoms. The summed E-state index contributed by atoms with van der Waals surface area (Å²) in [6.07, 6.45) is 0. The highest BCUT2D eigenvalue weighted by molar-refractivity contribution is 7.91. The van der Waals surface area contributed by atoms with Gasteiger partial charge in [-0.25, -0.2) is 8.42 Å². The largest absolute Gasteiger partial charge is 0.391 e. The van der Waals surface area contributed by atoms with Gasteiger partial charge in [0.05, 0.1) is 18.8 Å². The molecule has 21 heavy (non-hydrogen) atoms. The third kappa shape index (κ3) is 3.49. The number of nitrogens with zero attached hydrogens (tertiary/aromatic N) is 2. The minimum atomic E-state index is -3.56. The Labute approximate surface area is 128 Å². The van der Waals surface area contributed by atoms with Crippen molar-refractivity contribution in [2.24, 2.45) is 0 Å². The number of aromatic nitrogens is 1. The Bertz CT molecular complexity index is 738. The fourth-order valence-corrected chi connectivity index (χ4v) is 4.73. The maximum absolute atomic E-state index is 12.5. The van der Waals surface area contributed by atoms with Gasteiger partial charge in [-0.3, -0.25) is 4.98 Å². The molecule has 0 spiro atoms. The molecule has 2 rings (SSSR count). The van der Waals surface area contributed by atoms with E-state index in [4.69, 9.17) is 0 Å². The number of aliphatic hydroxyl groups is 1. The lowest BCUT2D eigenvalue weighted by Gasteiger charge is -2.15. The van der Waals surface area contributed by atoms with Crippen LogP contribution in [0.1, 0.15) is 21.8 Å². The summed E-state index contributed by atoms with van der Waals surface area (Å²) in [6.45, 7) is 3.74. The van der Waals surface area contributed by atoms with E-state index < -0.39 is 10.0 Å². The maximum Gasteiger partial charge on any atom is 0.252 e. The van der Waals surface area contributed by atoms with Crippen molar-refractivity contribution in [2.75, 3.05) is 7.05 Å².